The quantitative estimate of drug-likeness (QED) is 0.715. The van der Waals surface area contributed by atoms with Crippen LogP contribution in [0.15, 0.2) is 10.7 Å². The van der Waals surface area contributed by atoms with Crippen molar-refractivity contribution < 1.29 is 17.6 Å². The summed E-state index contributed by atoms with van der Waals surface area (Å²) in [7, 11) is -2.84. The molecular formula is C10H13NO4S. The number of hydrogen-bond acceptors (Lipinski definition) is 5. The molecule has 0 aliphatic carbocycles. The van der Waals surface area contributed by atoms with E-state index < -0.39 is 9.84 Å². The molecule has 1 atom stereocenters. The van der Waals surface area contributed by atoms with Crippen molar-refractivity contribution in [2.24, 2.45) is 5.92 Å². The predicted octanol–water partition coefficient (Wildman–Crippen LogP) is 0.393. The van der Waals surface area contributed by atoms with Crippen LogP contribution in [0.4, 0.5) is 0 Å². The molecule has 2 heterocycles. The van der Waals surface area contributed by atoms with Gasteiger partial charge < -0.3 is 9.21 Å². The number of carbonyl (C=O) groups is 1. The standard InChI is InChI=1S/C10H13NO4S/c12-3-1-9-6-15-10(11-9)5-8-2-4-16(13,14)7-8/h3,6,8H,1-2,4-5,7H2. The first-order valence-corrected chi connectivity index (χ1v) is 6.98. The molecule has 6 heteroatoms. The number of sulfone groups is 1. The van der Waals surface area contributed by atoms with Crippen LogP contribution in [0.2, 0.25) is 0 Å². The Labute approximate surface area is 93.8 Å². The second kappa shape index (κ2) is 4.37. The van der Waals surface area contributed by atoms with Crippen molar-refractivity contribution in [1.82, 2.24) is 4.98 Å². The minimum absolute atomic E-state index is 0.104. The third kappa shape index (κ3) is 2.69. The van der Waals surface area contributed by atoms with Crippen molar-refractivity contribution in [2.75, 3.05) is 11.5 Å². The molecule has 0 saturated carbocycles. The van der Waals surface area contributed by atoms with Gasteiger partial charge in [0.25, 0.3) is 0 Å². The van der Waals surface area contributed by atoms with E-state index in [9.17, 15) is 13.2 Å². The molecule has 1 unspecified atom stereocenters. The van der Waals surface area contributed by atoms with Crippen LogP contribution in [0.1, 0.15) is 18.0 Å². The minimum atomic E-state index is -2.84. The Morgan fingerprint density at radius 1 is 1.56 bits per heavy atom. The van der Waals surface area contributed by atoms with Crippen LogP contribution in [0.25, 0.3) is 0 Å². The molecule has 1 aliphatic heterocycles. The minimum Gasteiger partial charge on any atom is -0.449 e. The SMILES string of the molecule is O=CCc1coc(CC2CCS(=O)(=O)C2)n1. The molecule has 1 saturated heterocycles. The van der Waals surface area contributed by atoms with Crippen LogP contribution in [-0.4, -0.2) is 31.2 Å². The second-order valence-corrected chi connectivity index (χ2v) is 6.31. The van der Waals surface area contributed by atoms with Crippen LogP contribution < -0.4 is 0 Å². The van der Waals surface area contributed by atoms with E-state index >= 15 is 0 Å². The summed E-state index contributed by atoms with van der Waals surface area (Å²) in [5, 5.41) is 0. The van der Waals surface area contributed by atoms with Gasteiger partial charge >= 0.3 is 0 Å². The molecule has 1 fully saturated rings. The molecule has 0 amide bonds. The Hall–Kier alpha value is -1.17. The van der Waals surface area contributed by atoms with E-state index in [0.29, 0.717) is 24.4 Å². The van der Waals surface area contributed by atoms with Gasteiger partial charge in [-0.25, -0.2) is 13.4 Å². The zero-order valence-corrected chi connectivity index (χ0v) is 9.57. The molecule has 2 rings (SSSR count). The molecule has 5 nitrogen and oxygen atoms in total. The summed E-state index contributed by atoms with van der Waals surface area (Å²) < 4.78 is 27.7. The fourth-order valence-electron chi connectivity index (χ4n) is 1.90. The zero-order valence-electron chi connectivity index (χ0n) is 8.76. The van der Waals surface area contributed by atoms with Gasteiger partial charge in [-0.2, -0.15) is 0 Å². The summed E-state index contributed by atoms with van der Waals surface area (Å²) in [5.74, 6) is 1.12. The van der Waals surface area contributed by atoms with Gasteiger partial charge in [-0.3, -0.25) is 0 Å². The van der Waals surface area contributed by atoms with Gasteiger partial charge in [-0.15, -0.1) is 0 Å². The van der Waals surface area contributed by atoms with E-state index in [4.69, 9.17) is 4.42 Å². The average molecular weight is 243 g/mol. The Morgan fingerprint density at radius 2 is 2.38 bits per heavy atom. The molecule has 16 heavy (non-hydrogen) atoms. The third-order valence-electron chi connectivity index (χ3n) is 2.68. The first-order chi connectivity index (χ1) is 7.59. The molecule has 1 aromatic heterocycles. The van der Waals surface area contributed by atoms with Gasteiger partial charge in [0.2, 0.25) is 0 Å². The highest BCUT2D eigenvalue weighted by molar-refractivity contribution is 7.91. The van der Waals surface area contributed by atoms with Gasteiger partial charge in [0.1, 0.15) is 12.5 Å². The number of hydrogen-bond donors (Lipinski definition) is 0. The normalized spacial score (nSPS) is 23.4. The summed E-state index contributed by atoms with van der Waals surface area (Å²) >= 11 is 0. The topological polar surface area (TPSA) is 77.2 Å². The predicted molar refractivity (Wildman–Crippen MR) is 56.7 cm³/mol. The third-order valence-corrected chi connectivity index (χ3v) is 4.52. The van der Waals surface area contributed by atoms with E-state index in [1.807, 2.05) is 0 Å². The Kier molecular flexibility index (Phi) is 3.09. The van der Waals surface area contributed by atoms with Gasteiger partial charge in [-0.05, 0) is 12.3 Å². The lowest BCUT2D eigenvalue weighted by Crippen LogP contribution is -2.07. The summed E-state index contributed by atoms with van der Waals surface area (Å²) in [4.78, 5) is 14.4. The molecule has 88 valence electrons. The Balaban J connectivity index is 1.96. The monoisotopic (exact) mass is 243 g/mol. The second-order valence-electron chi connectivity index (χ2n) is 4.08. The van der Waals surface area contributed by atoms with Crippen molar-refractivity contribution in [3.05, 3.63) is 17.8 Å². The molecule has 0 bridgehead atoms. The van der Waals surface area contributed by atoms with Gasteiger partial charge in [0, 0.05) is 12.8 Å². The van der Waals surface area contributed by atoms with Crippen LogP contribution in [0.5, 0.6) is 0 Å². The van der Waals surface area contributed by atoms with Gasteiger partial charge in [0.15, 0.2) is 15.7 Å². The molecule has 0 aromatic carbocycles. The lowest BCUT2D eigenvalue weighted by molar-refractivity contribution is -0.107. The summed E-state index contributed by atoms with van der Waals surface area (Å²) in [6.45, 7) is 0. The molecule has 0 radical (unpaired) electrons. The first kappa shape index (κ1) is 11.3. The van der Waals surface area contributed by atoms with E-state index in [2.05, 4.69) is 4.98 Å². The number of carbonyl (C=O) groups excluding carboxylic acids is 1. The lowest BCUT2D eigenvalue weighted by Gasteiger charge is -2.02. The van der Waals surface area contributed by atoms with Crippen molar-refractivity contribution in [2.45, 2.75) is 19.3 Å². The maximum Gasteiger partial charge on any atom is 0.194 e. The average Bonchev–Trinajstić information content (AvgIpc) is 2.75. The molecule has 0 spiro atoms. The fraction of sp³-hybridized carbons (Fsp3) is 0.600. The van der Waals surface area contributed by atoms with Crippen LogP contribution in [0, 0.1) is 5.92 Å². The molecular weight excluding hydrogens is 230 g/mol. The lowest BCUT2D eigenvalue weighted by atomic mass is 10.1. The summed E-state index contributed by atoms with van der Waals surface area (Å²) in [6.07, 6.45) is 3.67. The van der Waals surface area contributed by atoms with Crippen molar-refractivity contribution >= 4 is 16.1 Å². The number of nitrogens with zero attached hydrogens (tertiary/aromatic N) is 1. The summed E-state index contributed by atoms with van der Waals surface area (Å²) in [6, 6.07) is 0. The molecule has 1 aliphatic rings. The van der Waals surface area contributed by atoms with Crippen molar-refractivity contribution in [3.8, 4) is 0 Å². The maximum absolute atomic E-state index is 11.2. The van der Waals surface area contributed by atoms with Crippen LogP contribution >= 0.6 is 0 Å². The Bertz CT molecular complexity index is 477. The highest BCUT2D eigenvalue weighted by Crippen LogP contribution is 2.22. The van der Waals surface area contributed by atoms with Gasteiger partial charge in [-0.1, -0.05) is 0 Å². The number of aromatic nitrogens is 1. The molecule has 0 N–H and O–H groups in total. The van der Waals surface area contributed by atoms with Crippen molar-refractivity contribution in [3.63, 3.8) is 0 Å². The Morgan fingerprint density at radius 3 is 3.00 bits per heavy atom. The van der Waals surface area contributed by atoms with Crippen LogP contribution in [0.3, 0.4) is 0 Å². The first-order valence-electron chi connectivity index (χ1n) is 5.16. The van der Waals surface area contributed by atoms with Crippen molar-refractivity contribution in [1.29, 1.82) is 0 Å². The van der Waals surface area contributed by atoms with E-state index in [0.717, 1.165) is 6.29 Å². The van der Waals surface area contributed by atoms with E-state index in [1.165, 1.54) is 6.26 Å². The van der Waals surface area contributed by atoms with Gasteiger partial charge in [0.05, 0.1) is 17.2 Å². The fourth-order valence-corrected chi connectivity index (χ4v) is 3.76. The number of oxazole rings is 1. The van der Waals surface area contributed by atoms with E-state index in [1.54, 1.807) is 0 Å². The highest BCUT2D eigenvalue weighted by Gasteiger charge is 2.28. The summed E-state index contributed by atoms with van der Waals surface area (Å²) in [5.41, 5.74) is 0.603. The largest absolute Gasteiger partial charge is 0.449 e. The van der Waals surface area contributed by atoms with Crippen LogP contribution in [-0.2, 0) is 27.5 Å². The smallest absolute Gasteiger partial charge is 0.194 e. The molecule has 1 aromatic rings. The van der Waals surface area contributed by atoms with E-state index in [-0.39, 0.29) is 23.8 Å². The highest BCUT2D eigenvalue weighted by atomic mass is 32.2. The number of aldehydes is 1. The maximum atomic E-state index is 11.2. The number of rotatable bonds is 4. The zero-order chi connectivity index (χ0) is 11.6.